The number of hydrogen-bond acceptors (Lipinski definition) is 6. The Bertz CT molecular complexity index is 1410. The zero-order valence-electron chi connectivity index (χ0n) is 19.1. The number of anilines is 2. The summed E-state index contributed by atoms with van der Waals surface area (Å²) in [5.41, 5.74) is 2.20. The summed E-state index contributed by atoms with van der Waals surface area (Å²) in [5.74, 6) is -0.417. The third kappa shape index (κ3) is 4.12. The largest absolute Gasteiger partial charge is 0.495 e. The van der Waals surface area contributed by atoms with Crippen LogP contribution in [0.3, 0.4) is 0 Å². The summed E-state index contributed by atoms with van der Waals surface area (Å²) in [7, 11) is -2.40. The van der Waals surface area contributed by atoms with Crippen molar-refractivity contribution in [3.05, 3.63) is 89.1 Å². The number of fused-ring (bicyclic) bond motifs is 1. The molecule has 3 aromatic rings. The van der Waals surface area contributed by atoms with Crippen molar-refractivity contribution in [1.82, 2.24) is 4.90 Å². The van der Waals surface area contributed by atoms with Gasteiger partial charge in [0.1, 0.15) is 11.6 Å². The van der Waals surface area contributed by atoms with E-state index in [2.05, 4.69) is 10.2 Å². The maximum absolute atomic E-state index is 13.5. The quantitative estimate of drug-likeness (QED) is 0.583. The van der Waals surface area contributed by atoms with Gasteiger partial charge in [0.05, 0.1) is 23.4 Å². The predicted octanol–water partition coefficient (Wildman–Crippen LogP) is 3.75. The van der Waals surface area contributed by atoms with Gasteiger partial charge in [-0.25, -0.2) is 12.8 Å². The highest BCUT2D eigenvalue weighted by molar-refractivity contribution is 7.97. The molecule has 7 nitrogen and oxygen atoms in total. The summed E-state index contributed by atoms with van der Waals surface area (Å²) >= 11 is 0. The molecular formula is C26H24FN3O4S. The molecule has 180 valence electrons. The standard InChI is InChI=1S/C26H24FN3O4S/c1-34-22-8-4-3-7-21(22)29-14-16-30(17-15-29)24-20-6-2-5-9-23(20)35(32,33)25(24)26(31)28-19-12-10-18(27)11-13-19/h2-13H,14-17H2,1H3,(H,28,31). The van der Waals surface area contributed by atoms with Crippen LogP contribution in [-0.4, -0.2) is 52.5 Å². The van der Waals surface area contributed by atoms with Gasteiger partial charge in [0.25, 0.3) is 5.91 Å². The molecule has 9 heteroatoms. The van der Waals surface area contributed by atoms with Crippen molar-refractivity contribution in [2.75, 3.05) is 43.5 Å². The molecule has 35 heavy (non-hydrogen) atoms. The minimum absolute atomic E-state index is 0.117. The fourth-order valence-corrected chi connectivity index (χ4v) is 6.30. The van der Waals surface area contributed by atoms with Gasteiger partial charge in [0.2, 0.25) is 9.84 Å². The maximum Gasteiger partial charge on any atom is 0.269 e. The summed E-state index contributed by atoms with van der Waals surface area (Å²) in [5, 5.41) is 2.62. The summed E-state index contributed by atoms with van der Waals surface area (Å²) in [4.78, 5) is 17.3. The Labute approximate surface area is 203 Å². The number of hydrogen-bond donors (Lipinski definition) is 1. The Hall–Kier alpha value is -3.85. The van der Waals surface area contributed by atoms with Crippen molar-refractivity contribution in [2.24, 2.45) is 0 Å². The molecule has 1 N–H and O–H groups in total. The van der Waals surface area contributed by atoms with Crippen molar-refractivity contribution in [3.8, 4) is 5.75 Å². The summed E-state index contributed by atoms with van der Waals surface area (Å²) in [6.07, 6.45) is 0. The molecular weight excluding hydrogens is 469 g/mol. The molecule has 2 aliphatic heterocycles. The number of nitrogens with zero attached hydrogens (tertiary/aromatic N) is 2. The number of carbonyl (C=O) groups is 1. The van der Waals surface area contributed by atoms with E-state index in [4.69, 9.17) is 4.74 Å². The lowest BCUT2D eigenvalue weighted by atomic mass is 10.1. The number of halogens is 1. The fraction of sp³-hybridized carbons (Fsp3) is 0.192. The van der Waals surface area contributed by atoms with Gasteiger partial charge in [-0.3, -0.25) is 4.79 Å². The van der Waals surface area contributed by atoms with Crippen LogP contribution >= 0.6 is 0 Å². The molecule has 0 spiro atoms. The number of carbonyl (C=O) groups excluding carboxylic acids is 1. The second kappa shape index (κ2) is 9.07. The molecule has 0 aromatic heterocycles. The zero-order chi connectivity index (χ0) is 24.6. The van der Waals surface area contributed by atoms with E-state index in [-0.39, 0.29) is 9.80 Å². The number of para-hydroxylation sites is 2. The average Bonchev–Trinajstić information content (AvgIpc) is 3.12. The Morgan fingerprint density at radius 3 is 2.23 bits per heavy atom. The smallest absolute Gasteiger partial charge is 0.269 e. The van der Waals surface area contributed by atoms with E-state index in [1.807, 2.05) is 29.2 Å². The van der Waals surface area contributed by atoms with Gasteiger partial charge < -0.3 is 19.9 Å². The number of amides is 1. The summed E-state index contributed by atoms with van der Waals surface area (Å²) in [6, 6.07) is 19.6. The fourth-order valence-electron chi connectivity index (χ4n) is 4.58. The van der Waals surface area contributed by atoms with Crippen LogP contribution in [0.5, 0.6) is 5.75 Å². The molecule has 1 amide bonds. The molecule has 0 bridgehead atoms. The molecule has 0 radical (unpaired) electrons. The molecule has 3 aromatic carbocycles. The van der Waals surface area contributed by atoms with Crippen molar-refractivity contribution in [3.63, 3.8) is 0 Å². The zero-order valence-corrected chi connectivity index (χ0v) is 19.9. The third-order valence-corrected chi connectivity index (χ3v) is 8.10. The van der Waals surface area contributed by atoms with Crippen molar-refractivity contribution >= 4 is 32.8 Å². The highest BCUT2D eigenvalue weighted by atomic mass is 32.2. The van der Waals surface area contributed by atoms with E-state index in [0.717, 1.165) is 11.4 Å². The second-order valence-electron chi connectivity index (χ2n) is 8.28. The van der Waals surface area contributed by atoms with Crippen LogP contribution in [0.2, 0.25) is 0 Å². The van der Waals surface area contributed by atoms with E-state index in [0.29, 0.717) is 43.1 Å². The van der Waals surface area contributed by atoms with Crippen LogP contribution in [0.1, 0.15) is 5.56 Å². The first-order valence-corrected chi connectivity index (χ1v) is 12.7. The molecule has 2 aliphatic rings. The highest BCUT2D eigenvalue weighted by Gasteiger charge is 2.42. The Balaban J connectivity index is 1.49. The van der Waals surface area contributed by atoms with Crippen LogP contribution in [0.4, 0.5) is 15.8 Å². The van der Waals surface area contributed by atoms with Gasteiger partial charge in [-0.15, -0.1) is 0 Å². The first-order valence-electron chi connectivity index (χ1n) is 11.2. The molecule has 0 atom stereocenters. The van der Waals surface area contributed by atoms with Gasteiger partial charge in [-0.1, -0.05) is 30.3 Å². The molecule has 1 fully saturated rings. The molecule has 5 rings (SSSR count). The van der Waals surface area contributed by atoms with Crippen LogP contribution in [0.25, 0.3) is 5.70 Å². The second-order valence-corrected chi connectivity index (χ2v) is 10.1. The third-order valence-electron chi connectivity index (χ3n) is 6.25. The van der Waals surface area contributed by atoms with Gasteiger partial charge in [0, 0.05) is 37.4 Å². The molecule has 0 saturated carbocycles. The van der Waals surface area contributed by atoms with Crippen LogP contribution in [-0.2, 0) is 14.6 Å². The number of ether oxygens (including phenoxy) is 1. The van der Waals surface area contributed by atoms with E-state index in [1.165, 1.54) is 30.3 Å². The number of methoxy groups -OCH3 is 1. The normalized spacial score (nSPS) is 16.7. The lowest BCUT2D eigenvalue weighted by Gasteiger charge is -2.38. The van der Waals surface area contributed by atoms with Crippen molar-refractivity contribution < 1.29 is 22.3 Å². The topological polar surface area (TPSA) is 79.0 Å². The highest BCUT2D eigenvalue weighted by Crippen LogP contribution is 2.42. The maximum atomic E-state index is 13.5. The molecule has 0 aliphatic carbocycles. The average molecular weight is 494 g/mol. The van der Waals surface area contributed by atoms with Crippen LogP contribution in [0, 0.1) is 5.82 Å². The number of piperazine rings is 1. The first kappa shape index (κ1) is 22.9. The Kier molecular flexibility index (Phi) is 5.94. The predicted molar refractivity (Wildman–Crippen MR) is 132 cm³/mol. The lowest BCUT2D eigenvalue weighted by molar-refractivity contribution is -0.112. The van der Waals surface area contributed by atoms with Crippen molar-refractivity contribution in [1.29, 1.82) is 0 Å². The monoisotopic (exact) mass is 493 g/mol. The number of nitrogens with one attached hydrogen (secondary N) is 1. The lowest BCUT2D eigenvalue weighted by Crippen LogP contribution is -2.46. The Morgan fingerprint density at radius 2 is 1.51 bits per heavy atom. The van der Waals surface area contributed by atoms with E-state index >= 15 is 0 Å². The van der Waals surface area contributed by atoms with Gasteiger partial charge >= 0.3 is 0 Å². The summed E-state index contributed by atoms with van der Waals surface area (Å²) in [6.45, 7) is 2.28. The number of benzene rings is 3. The van der Waals surface area contributed by atoms with E-state index in [1.54, 1.807) is 25.3 Å². The first-order chi connectivity index (χ1) is 16.9. The summed E-state index contributed by atoms with van der Waals surface area (Å²) < 4.78 is 45.7. The Morgan fingerprint density at radius 1 is 0.886 bits per heavy atom. The van der Waals surface area contributed by atoms with Crippen LogP contribution < -0.4 is 15.0 Å². The van der Waals surface area contributed by atoms with Gasteiger partial charge in [-0.2, -0.15) is 0 Å². The SMILES string of the molecule is COc1ccccc1N1CCN(C2=C(C(=O)Nc3ccc(F)cc3)S(=O)(=O)c3ccccc32)CC1. The van der Waals surface area contributed by atoms with E-state index in [9.17, 15) is 17.6 Å². The van der Waals surface area contributed by atoms with Gasteiger partial charge in [0.15, 0.2) is 4.91 Å². The number of sulfone groups is 1. The van der Waals surface area contributed by atoms with Crippen LogP contribution in [0.15, 0.2) is 82.6 Å². The van der Waals surface area contributed by atoms with Crippen molar-refractivity contribution in [2.45, 2.75) is 4.90 Å². The van der Waals surface area contributed by atoms with E-state index < -0.39 is 21.6 Å². The minimum atomic E-state index is -4.03. The molecule has 1 saturated heterocycles. The minimum Gasteiger partial charge on any atom is -0.495 e. The molecule has 2 heterocycles. The van der Waals surface area contributed by atoms with Gasteiger partial charge in [-0.05, 0) is 42.5 Å². The molecule has 0 unspecified atom stereocenters. The number of rotatable bonds is 5.